The number of benzene rings is 1. The predicted molar refractivity (Wildman–Crippen MR) is 95.8 cm³/mol. The first-order chi connectivity index (χ1) is 12.5. The highest BCUT2D eigenvalue weighted by atomic mass is 19.1. The number of rotatable bonds is 6. The Morgan fingerprint density at radius 2 is 1.96 bits per heavy atom. The van der Waals surface area contributed by atoms with Gasteiger partial charge in [0.05, 0.1) is 4.92 Å². The Kier molecular flexibility index (Phi) is 5.62. The molecule has 138 valence electrons. The molecule has 0 bridgehead atoms. The van der Waals surface area contributed by atoms with Crippen LogP contribution in [0.2, 0.25) is 0 Å². The molecule has 1 aromatic heterocycles. The minimum absolute atomic E-state index is 0.0358. The number of pyridine rings is 1. The van der Waals surface area contributed by atoms with Crippen molar-refractivity contribution in [3.8, 4) is 5.88 Å². The van der Waals surface area contributed by atoms with E-state index in [4.69, 9.17) is 4.74 Å². The van der Waals surface area contributed by atoms with Gasteiger partial charge in [-0.3, -0.25) is 10.1 Å². The van der Waals surface area contributed by atoms with Gasteiger partial charge in [-0.15, -0.1) is 0 Å². The normalized spacial score (nSPS) is 15.6. The molecule has 2 heterocycles. The summed E-state index contributed by atoms with van der Waals surface area (Å²) in [5, 5.41) is 14.3. The summed E-state index contributed by atoms with van der Waals surface area (Å²) < 4.78 is 18.8. The van der Waals surface area contributed by atoms with E-state index >= 15 is 0 Å². The van der Waals surface area contributed by atoms with Crippen molar-refractivity contribution >= 4 is 11.5 Å². The molecule has 0 atom stereocenters. The lowest BCUT2D eigenvalue weighted by Gasteiger charge is -2.28. The molecule has 0 amide bonds. The van der Waals surface area contributed by atoms with Crippen LogP contribution < -0.4 is 10.1 Å². The minimum Gasteiger partial charge on any atom is -0.469 e. The van der Waals surface area contributed by atoms with Crippen LogP contribution in [0, 0.1) is 15.9 Å². The van der Waals surface area contributed by atoms with Gasteiger partial charge in [0.15, 0.2) is 0 Å². The molecule has 0 unspecified atom stereocenters. The van der Waals surface area contributed by atoms with Crippen molar-refractivity contribution in [2.75, 3.05) is 25.5 Å². The third kappa shape index (κ3) is 4.66. The summed E-state index contributed by atoms with van der Waals surface area (Å²) in [5.74, 6) is 0.215. The van der Waals surface area contributed by atoms with Crippen LogP contribution in [0.25, 0.3) is 0 Å². The number of likely N-dealkylation sites (tertiary alicyclic amines) is 1. The SMILES string of the molecule is CN1CCC(Oc2nc(NCc3ccc(F)cc3)ccc2[N+](=O)[O-])CC1. The number of anilines is 1. The Morgan fingerprint density at radius 3 is 2.62 bits per heavy atom. The van der Waals surface area contributed by atoms with Crippen LogP contribution in [0.4, 0.5) is 15.9 Å². The molecule has 0 spiro atoms. The van der Waals surface area contributed by atoms with Gasteiger partial charge in [-0.2, -0.15) is 4.98 Å². The lowest BCUT2D eigenvalue weighted by atomic mass is 10.1. The van der Waals surface area contributed by atoms with Crippen molar-refractivity contribution in [2.24, 2.45) is 0 Å². The lowest BCUT2D eigenvalue weighted by molar-refractivity contribution is -0.386. The Bertz CT molecular complexity index is 762. The first-order valence-electron chi connectivity index (χ1n) is 8.50. The Morgan fingerprint density at radius 1 is 1.27 bits per heavy atom. The summed E-state index contributed by atoms with van der Waals surface area (Å²) >= 11 is 0. The summed E-state index contributed by atoms with van der Waals surface area (Å²) in [6.07, 6.45) is 1.54. The molecule has 1 N–H and O–H groups in total. The van der Waals surface area contributed by atoms with Crippen molar-refractivity contribution in [3.63, 3.8) is 0 Å². The van der Waals surface area contributed by atoms with E-state index in [0.717, 1.165) is 31.5 Å². The van der Waals surface area contributed by atoms with E-state index in [1.165, 1.54) is 18.2 Å². The van der Waals surface area contributed by atoms with Gasteiger partial charge in [0, 0.05) is 25.7 Å². The number of nitrogens with zero attached hydrogens (tertiary/aromatic N) is 3. The molecule has 26 heavy (non-hydrogen) atoms. The van der Waals surface area contributed by atoms with Gasteiger partial charge in [-0.25, -0.2) is 4.39 Å². The third-order valence-corrected chi connectivity index (χ3v) is 4.37. The van der Waals surface area contributed by atoms with Crippen LogP contribution >= 0.6 is 0 Å². The van der Waals surface area contributed by atoms with Gasteiger partial charge in [-0.05, 0) is 43.7 Å². The first-order valence-corrected chi connectivity index (χ1v) is 8.50. The Balaban J connectivity index is 1.70. The number of ether oxygens (including phenoxy) is 1. The fourth-order valence-electron chi connectivity index (χ4n) is 2.81. The largest absolute Gasteiger partial charge is 0.469 e. The number of piperidine rings is 1. The maximum atomic E-state index is 13.0. The van der Waals surface area contributed by atoms with E-state index in [2.05, 4.69) is 15.2 Å². The molecular weight excluding hydrogens is 339 g/mol. The van der Waals surface area contributed by atoms with Crippen molar-refractivity contribution in [1.29, 1.82) is 0 Å². The number of halogens is 1. The summed E-state index contributed by atoms with van der Waals surface area (Å²) in [6.45, 7) is 2.21. The molecule has 1 aliphatic heterocycles. The van der Waals surface area contributed by atoms with E-state index in [0.29, 0.717) is 12.4 Å². The van der Waals surface area contributed by atoms with E-state index < -0.39 is 4.92 Å². The number of aromatic nitrogens is 1. The lowest BCUT2D eigenvalue weighted by Crippen LogP contribution is -2.35. The van der Waals surface area contributed by atoms with E-state index in [9.17, 15) is 14.5 Å². The standard InChI is InChI=1S/C18H21FN4O3/c1-22-10-8-15(9-11-22)26-18-16(23(24)25)6-7-17(21-18)20-12-13-2-4-14(19)5-3-13/h2-7,15H,8-12H2,1H3,(H,20,21). The van der Waals surface area contributed by atoms with Crippen LogP contribution in [0.1, 0.15) is 18.4 Å². The molecule has 1 fully saturated rings. The Labute approximate surface area is 150 Å². The average molecular weight is 360 g/mol. The summed E-state index contributed by atoms with van der Waals surface area (Å²) in [7, 11) is 2.04. The van der Waals surface area contributed by atoms with E-state index in [1.54, 1.807) is 18.2 Å². The van der Waals surface area contributed by atoms with Crippen molar-refractivity contribution < 1.29 is 14.1 Å². The second kappa shape index (κ2) is 8.09. The van der Waals surface area contributed by atoms with Gasteiger partial charge in [-0.1, -0.05) is 12.1 Å². The molecule has 1 aliphatic rings. The molecule has 2 aromatic rings. The summed E-state index contributed by atoms with van der Waals surface area (Å²) in [4.78, 5) is 17.2. The van der Waals surface area contributed by atoms with Crippen LogP contribution in [-0.4, -0.2) is 41.0 Å². The van der Waals surface area contributed by atoms with Gasteiger partial charge in [0.25, 0.3) is 5.88 Å². The van der Waals surface area contributed by atoms with Gasteiger partial charge < -0.3 is 15.0 Å². The molecule has 1 aromatic carbocycles. The number of hydrogen-bond donors (Lipinski definition) is 1. The minimum atomic E-state index is -0.485. The van der Waals surface area contributed by atoms with Gasteiger partial charge in [0.2, 0.25) is 0 Å². The fraction of sp³-hybridized carbons (Fsp3) is 0.389. The fourth-order valence-corrected chi connectivity index (χ4v) is 2.81. The quantitative estimate of drug-likeness (QED) is 0.629. The molecule has 7 nitrogen and oxygen atoms in total. The molecule has 3 rings (SSSR count). The molecule has 0 radical (unpaired) electrons. The van der Waals surface area contributed by atoms with Crippen LogP contribution in [-0.2, 0) is 6.54 Å². The molecular formula is C18H21FN4O3. The van der Waals surface area contributed by atoms with E-state index in [-0.39, 0.29) is 23.5 Å². The third-order valence-electron chi connectivity index (χ3n) is 4.37. The summed E-state index contributed by atoms with van der Waals surface area (Å²) in [5.41, 5.74) is 0.737. The molecule has 0 saturated carbocycles. The van der Waals surface area contributed by atoms with Crippen LogP contribution in [0.3, 0.4) is 0 Å². The zero-order valence-corrected chi connectivity index (χ0v) is 14.5. The number of nitro groups is 1. The topological polar surface area (TPSA) is 80.5 Å². The van der Waals surface area contributed by atoms with E-state index in [1.807, 2.05) is 7.05 Å². The highest BCUT2D eigenvalue weighted by Crippen LogP contribution is 2.29. The molecule has 1 saturated heterocycles. The van der Waals surface area contributed by atoms with Gasteiger partial charge in [0.1, 0.15) is 17.7 Å². The van der Waals surface area contributed by atoms with Crippen LogP contribution in [0.5, 0.6) is 5.88 Å². The Hall–Kier alpha value is -2.74. The van der Waals surface area contributed by atoms with Gasteiger partial charge >= 0.3 is 5.69 Å². The molecule has 0 aliphatic carbocycles. The maximum Gasteiger partial charge on any atom is 0.331 e. The smallest absolute Gasteiger partial charge is 0.331 e. The van der Waals surface area contributed by atoms with Crippen LogP contribution in [0.15, 0.2) is 36.4 Å². The number of hydrogen-bond acceptors (Lipinski definition) is 6. The highest BCUT2D eigenvalue weighted by molar-refractivity contribution is 5.49. The monoisotopic (exact) mass is 360 g/mol. The average Bonchev–Trinajstić information content (AvgIpc) is 2.63. The zero-order chi connectivity index (χ0) is 18.5. The highest BCUT2D eigenvalue weighted by Gasteiger charge is 2.24. The van der Waals surface area contributed by atoms with Crippen molar-refractivity contribution in [3.05, 3.63) is 57.9 Å². The second-order valence-electron chi connectivity index (χ2n) is 6.38. The zero-order valence-electron chi connectivity index (χ0n) is 14.5. The maximum absolute atomic E-state index is 13.0. The molecule has 8 heteroatoms. The van der Waals surface area contributed by atoms with Crippen molar-refractivity contribution in [1.82, 2.24) is 9.88 Å². The first kappa shape index (κ1) is 18.1. The predicted octanol–water partition coefficient (Wildman–Crippen LogP) is 3.21. The summed E-state index contributed by atoms with van der Waals surface area (Å²) in [6, 6.07) is 9.05. The van der Waals surface area contributed by atoms with Crippen molar-refractivity contribution in [2.45, 2.75) is 25.5 Å². The second-order valence-corrected chi connectivity index (χ2v) is 6.38. The number of nitrogens with one attached hydrogen (secondary N) is 1.